The molecule has 14 heteroatoms. The first-order valence-corrected chi connectivity index (χ1v) is 19.7. The number of hydrogen-bond donors (Lipinski definition) is 3. The van der Waals surface area contributed by atoms with Gasteiger partial charge in [-0.1, -0.05) is 72.7 Å². The molecule has 1 aromatic heterocycles. The Labute approximate surface area is 326 Å². The second-order valence-electron chi connectivity index (χ2n) is 18.4. The molecular weight excluding hydrogens is 722 g/mol. The lowest BCUT2D eigenvalue weighted by Gasteiger charge is -2.64. The Hall–Kier alpha value is -4.17. The highest BCUT2D eigenvalue weighted by molar-refractivity contribution is 6.47. The second kappa shape index (κ2) is 14.0. The quantitative estimate of drug-likeness (QED) is 0.182. The van der Waals surface area contributed by atoms with Crippen LogP contribution in [0.1, 0.15) is 116 Å². The fourth-order valence-corrected chi connectivity index (χ4v) is 9.68. The molecule has 2 aliphatic heterocycles. The van der Waals surface area contributed by atoms with Gasteiger partial charge in [0.05, 0.1) is 29.4 Å². The molecule has 0 unspecified atom stereocenters. The van der Waals surface area contributed by atoms with Crippen molar-refractivity contribution in [2.45, 2.75) is 135 Å². The van der Waals surface area contributed by atoms with E-state index in [0.717, 1.165) is 30.5 Å². The predicted molar refractivity (Wildman–Crippen MR) is 209 cm³/mol. The maximum atomic E-state index is 14.4. The summed E-state index contributed by atoms with van der Waals surface area (Å²) >= 11 is 0. The molecule has 10 nitrogen and oxygen atoms in total. The van der Waals surface area contributed by atoms with Crippen LogP contribution in [0.2, 0.25) is 0 Å². The average Bonchev–Trinajstić information content (AvgIpc) is 3.63. The van der Waals surface area contributed by atoms with Crippen molar-refractivity contribution < 1.29 is 32.1 Å². The normalized spacial score (nSPS) is 28.2. The van der Waals surface area contributed by atoms with E-state index < -0.39 is 53.3 Å². The number of carbonyl (C=O) groups is 2. The minimum Gasteiger partial charge on any atom is -0.404 e. The van der Waals surface area contributed by atoms with E-state index >= 15 is 0 Å². The van der Waals surface area contributed by atoms with E-state index in [1.165, 1.54) is 22.9 Å². The third kappa shape index (κ3) is 7.16. The number of carbonyl (C=O) groups excluding carboxylic acids is 2. The summed E-state index contributed by atoms with van der Waals surface area (Å²) in [5, 5.41) is 9.05. The largest absolute Gasteiger partial charge is 0.481 e. The Morgan fingerprint density at radius 2 is 1.75 bits per heavy atom. The molecular formula is C42H53BF3N5O5. The number of rotatable bonds is 10. The summed E-state index contributed by atoms with van der Waals surface area (Å²) in [5.74, 6) is -0.0745. The number of anilines is 2. The molecule has 2 amide bonds. The molecule has 2 bridgehead atoms. The van der Waals surface area contributed by atoms with Crippen LogP contribution in [0.15, 0.2) is 59.5 Å². The van der Waals surface area contributed by atoms with Gasteiger partial charge in [0.25, 0.3) is 5.56 Å². The smallest absolute Gasteiger partial charge is 0.404 e. The number of benzene rings is 2. The zero-order valence-electron chi connectivity index (χ0n) is 33.5. The van der Waals surface area contributed by atoms with Crippen molar-refractivity contribution in [3.8, 4) is 0 Å². The molecule has 3 saturated carbocycles. The van der Waals surface area contributed by atoms with Gasteiger partial charge in [0, 0.05) is 24.1 Å². The summed E-state index contributed by atoms with van der Waals surface area (Å²) in [7, 11) is -0.674. The van der Waals surface area contributed by atoms with Crippen molar-refractivity contribution in [3.05, 3.63) is 87.6 Å². The van der Waals surface area contributed by atoms with Gasteiger partial charge in [-0.05, 0) is 90.7 Å². The van der Waals surface area contributed by atoms with Crippen LogP contribution in [-0.4, -0.2) is 46.1 Å². The fraction of sp³-hybridized carbons (Fsp3) is 0.571. The number of nitrogens with one attached hydrogen (secondary N) is 3. The van der Waals surface area contributed by atoms with Gasteiger partial charge in [0.15, 0.2) is 0 Å². The van der Waals surface area contributed by atoms with Gasteiger partial charge in [-0.25, -0.2) is 4.98 Å². The molecule has 7 atom stereocenters. The topological polar surface area (TPSA) is 124 Å². The summed E-state index contributed by atoms with van der Waals surface area (Å²) in [6, 6.07) is 11.5. The number of alkyl halides is 3. The van der Waals surface area contributed by atoms with Gasteiger partial charge in [-0.2, -0.15) is 13.2 Å². The van der Waals surface area contributed by atoms with Crippen LogP contribution in [0.3, 0.4) is 0 Å². The zero-order chi connectivity index (χ0) is 40.6. The Morgan fingerprint density at radius 1 is 1.04 bits per heavy atom. The average molecular weight is 776 g/mol. The highest BCUT2D eigenvalue weighted by Gasteiger charge is 2.68. The van der Waals surface area contributed by atoms with E-state index in [1.807, 2.05) is 38.1 Å². The number of nitrogens with zero attached hydrogens (tertiary/aromatic N) is 2. The van der Waals surface area contributed by atoms with E-state index in [2.05, 4.69) is 62.5 Å². The van der Waals surface area contributed by atoms with Crippen molar-refractivity contribution in [2.75, 3.05) is 10.6 Å². The Morgan fingerprint density at radius 3 is 2.39 bits per heavy atom. The fourth-order valence-electron chi connectivity index (χ4n) is 9.68. The first-order chi connectivity index (χ1) is 26.1. The molecule has 56 heavy (non-hydrogen) atoms. The summed E-state index contributed by atoms with van der Waals surface area (Å²) < 4.78 is 54.8. The molecule has 0 radical (unpaired) electrons. The van der Waals surface area contributed by atoms with Crippen molar-refractivity contribution >= 4 is 30.3 Å². The van der Waals surface area contributed by atoms with Gasteiger partial charge in [0.1, 0.15) is 17.6 Å². The minimum atomic E-state index is -4.52. The second-order valence-corrected chi connectivity index (χ2v) is 18.4. The molecule has 3 heterocycles. The lowest BCUT2D eigenvalue weighted by atomic mass is 9.43. The van der Waals surface area contributed by atoms with Crippen molar-refractivity contribution in [2.24, 2.45) is 17.3 Å². The molecule has 1 saturated heterocycles. The maximum Gasteiger partial charge on any atom is 0.481 e. The lowest BCUT2D eigenvalue weighted by molar-refractivity contribution is -0.199. The molecule has 0 spiro atoms. The first-order valence-electron chi connectivity index (χ1n) is 19.7. The molecule has 3 N–H and O–H groups in total. The molecule has 300 valence electrons. The first kappa shape index (κ1) is 40.0. The van der Waals surface area contributed by atoms with E-state index in [-0.39, 0.29) is 53.7 Å². The minimum absolute atomic E-state index is 0.0182. The molecule has 5 aliphatic rings. The van der Waals surface area contributed by atoms with E-state index in [4.69, 9.17) is 9.31 Å². The highest BCUT2D eigenvalue weighted by atomic mass is 19.4. The third-order valence-electron chi connectivity index (χ3n) is 13.2. The monoisotopic (exact) mass is 775 g/mol. The molecule has 8 rings (SSSR count). The lowest BCUT2D eigenvalue weighted by Crippen LogP contribution is -2.65. The summed E-state index contributed by atoms with van der Waals surface area (Å²) in [4.78, 5) is 47.0. The summed E-state index contributed by atoms with van der Waals surface area (Å²) in [6.07, 6.45) is -0.728. The van der Waals surface area contributed by atoms with Crippen LogP contribution in [0, 0.1) is 17.3 Å². The van der Waals surface area contributed by atoms with Gasteiger partial charge in [0.2, 0.25) is 11.8 Å². The van der Waals surface area contributed by atoms with Crippen LogP contribution < -0.4 is 21.5 Å². The number of hydrogen-bond acceptors (Lipinski definition) is 7. The van der Waals surface area contributed by atoms with Crippen LogP contribution in [0.25, 0.3) is 0 Å². The molecule has 3 aromatic rings. The third-order valence-corrected chi connectivity index (χ3v) is 13.2. The standard InChI is InChI=1S/C42H53BF3N5O5/c1-9-33(43-55-32-19-27-18-31(39(27,5)6)41(32,8)56-43)50-35(53)30-20-40(7,21-34(52)49-28-15-13-25(14-16-28)38(2,3)4)37-48-23-29(36(54)51(30)37)47-22-24-11-10-12-26(17-24)42(44,45)46/h10-17,23,27,30-33,47H,9,18-22H2,1-8H3,(H,49,52)(H,50,53)/t27-,30-,31-,32+,33-,40-,41-/m0/s1. The number of aromatic nitrogens is 2. The molecule has 2 aromatic carbocycles. The van der Waals surface area contributed by atoms with Crippen molar-refractivity contribution in [3.63, 3.8) is 0 Å². The predicted octanol–water partition coefficient (Wildman–Crippen LogP) is 7.57. The van der Waals surface area contributed by atoms with E-state index in [1.54, 1.807) is 0 Å². The molecule has 4 fully saturated rings. The van der Waals surface area contributed by atoms with Crippen LogP contribution in [0.4, 0.5) is 24.5 Å². The van der Waals surface area contributed by atoms with Crippen LogP contribution in [-0.2, 0) is 42.4 Å². The number of halogens is 3. The van der Waals surface area contributed by atoms with E-state index in [9.17, 15) is 27.6 Å². The summed E-state index contributed by atoms with van der Waals surface area (Å²) in [5.41, 5.74) is -0.691. The van der Waals surface area contributed by atoms with Crippen LogP contribution in [0.5, 0.6) is 0 Å². The molecule has 3 aliphatic carbocycles. The summed E-state index contributed by atoms with van der Waals surface area (Å²) in [6.45, 7) is 16.7. The SMILES string of the molecule is CC[C@H](NC(=O)[C@@H]1C[C@@](C)(CC(=O)Nc2ccc(C(C)(C)C)cc2)c2ncc(NCc3cccc(C(F)(F)F)c3)c(=O)n21)B1O[C@@H]2C[C@@H]3C[C@@H](C3(C)C)[C@]2(C)O1. The number of amides is 2. The van der Waals surface area contributed by atoms with Crippen LogP contribution >= 0.6 is 0 Å². The zero-order valence-corrected chi connectivity index (χ0v) is 33.5. The Kier molecular flexibility index (Phi) is 10.0. The van der Waals surface area contributed by atoms with Crippen molar-refractivity contribution in [1.82, 2.24) is 14.9 Å². The Balaban J connectivity index is 1.14. The van der Waals surface area contributed by atoms with Gasteiger partial charge in [-0.15, -0.1) is 0 Å². The van der Waals surface area contributed by atoms with E-state index in [0.29, 0.717) is 29.5 Å². The van der Waals surface area contributed by atoms with Gasteiger partial charge < -0.3 is 25.3 Å². The number of fused-ring (bicyclic) bond motifs is 1. The van der Waals surface area contributed by atoms with Crippen molar-refractivity contribution in [1.29, 1.82) is 0 Å². The Bertz CT molecular complexity index is 2070. The maximum absolute atomic E-state index is 14.4. The highest BCUT2D eigenvalue weighted by Crippen LogP contribution is 2.65. The van der Waals surface area contributed by atoms with Gasteiger partial charge in [-0.3, -0.25) is 19.0 Å². The van der Waals surface area contributed by atoms with Gasteiger partial charge >= 0.3 is 13.3 Å².